The van der Waals surface area contributed by atoms with Crippen molar-refractivity contribution in [3.05, 3.63) is 45.0 Å². The predicted molar refractivity (Wildman–Crippen MR) is 111 cm³/mol. The van der Waals surface area contributed by atoms with Crippen molar-refractivity contribution in [2.45, 2.75) is 37.4 Å². The molecule has 13 nitrogen and oxygen atoms in total. The molecule has 1 unspecified atom stereocenters. The maximum absolute atomic E-state index is 13.4. The Bertz CT molecular complexity index is 1300. The molecule has 35 heavy (non-hydrogen) atoms. The van der Waals surface area contributed by atoms with Crippen LogP contribution in [0.5, 0.6) is 23.0 Å². The first kappa shape index (κ1) is 24.4. The van der Waals surface area contributed by atoms with Crippen molar-refractivity contribution in [2.24, 2.45) is 0 Å². The van der Waals surface area contributed by atoms with Gasteiger partial charge in [0.2, 0.25) is 0 Å². The number of phenols is 4. The van der Waals surface area contributed by atoms with Gasteiger partial charge in [0.15, 0.2) is 23.1 Å². The first-order valence-electron chi connectivity index (χ1n) is 10.2. The maximum Gasteiger partial charge on any atom is 0.339 e. The van der Waals surface area contributed by atoms with Crippen molar-refractivity contribution in [3.63, 3.8) is 0 Å². The van der Waals surface area contributed by atoms with Crippen molar-refractivity contribution in [2.75, 3.05) is 6.61 Å². The van der Waals surface area contributed by atoms with Crippen LogP contribution < -0.4 is 0 Å². The van der Waals surface area contributed by atoms with Crippen LogP contribution in [0.2, 0.25) is 0 Å². The number of hydrogen-bond acceptors (Lipinski definition) is 12. The average Bonchev–Trinajstić information content (AvgIpc) is 3.08. The SMILES string of the molecule is Cc1c(C(=O)O)c(O)cc2c1C(=O)c1c(O)c(C3O[C@H]([C@H](O)CO)[C@H](O)[C@H]3O)c(O)c(O)c1C2=O. The molecule has 186 valence electrons. The van der Waals surface area contributed by atoms with E-state index < -0.39 is 111 Å². The average molecular weight is 492 g/mol. The summed E-state index contributed by atoms with van der Waals surface area (Å²) in [4.78, 5) is 38.0. The quantitative estimate of drug-likeness (QED) is 0.154. The van der Waals surface area contributed by atoms with E-state index in [1.807, 2.05) is 0 Å². The summed E-state index contributed by atoms with van der Waals surface area (Å²) < 4.78 is 5.31. The summed E-state index contributed by atoms with van der Waals surface area (Å²) in [5, 5.41) is 91.1. The van der Waals surface area contributed by atoms with E-state index in [0.29, 0.717) is 0 Å². The lowest BCUT2D eigenvalue weighted by atomic mass is 9.78. The topological polar surface area (TPSA) is 243 Å². The molecule has 0 bridgehead atoms. The molecule has 5 atom stereocenters. The highest BCUT2D eigenvalue weighted by atomic mass is 16.6. The fourth-order valence-corrected chi connectivity index (χ4v) is 4.61. The van der Waals surface area contributed by atoms with Gasteiger partial charge in [0.05, 0.1) is 23.3 Å². The minimum Gasteiger partial charge on any atom is -0.507 e. The highest BCUT2D eigenvalue weighted by Crippen LogP contribution is 2.52. The molecule has 1 fully saturated rings. The third-order valence-corrected chi connectivity index (χ3v) is 6.31. The Morgan fingerprint density at radius 2 is 1.57 bits per heavy atom. The molecule has 1 aliphatic heterocycles. The second kappa shape index (κ2) is 8.18. The summed E-state index contributed by atoms with van der Waals surface area (Å²) in [6.07, 6.45) is -8.83. The zero-order valence-corrected chi connectivity index (χ0v) is 17.8. The summed E-state index contributed by atoms with van der Waals surface area (Å²) in [7, 11) is 0. The number of carbonyl (C=O) groups excluding carboxylic acids is 2. The number of aromatic hydroxyl groups is 4. The van der Waals surface area contributed by atoms with Gasteiger partial charge in [0.25, 0.3) is 0 Å². The number of carboxylic acid groups (broad SMARTS) is 1. The van der Waals surface area contributed by atoms with Crippen LogP contribution in [-0.4, -0.2) is 94.5 Å². The standard InChI is InChI=1S/C22H20O13/c1-4-8-5(2-6(24)9(4)22(33)34)13(26)10-11(14(8)27)15(28)12(17(30)16(10)29)21-19(32)18(31)20(35-21)7(25)3-23/h2,7,18-21,23-25,28-32H,3H2,1H3,(H,33,34)/t7-,18-,19-,20-,21?/m1/s1. The number of aliphatic hydroxyl groups is 4. The van der Waals surface area contributed by atoms with Crippen LogP contribution in [0.1, 0.15) is 59.4 Å². The van der Waals surface area contributed by atoms with Crippen LogP contribution in [-0.2, 0) is 4.74 Å². The molecule has 1 aliphatic carbocycles. The Balaban J connectivity index is 1.96. The number of rotatable bonds is 4. The summed E-state index contributed by atoms with van der Waals surface area (Å²) >= 11 is 0. The Morgan fingerprint density at radius 3 is 2.14 bits per heavy atom. The Kier molecular flexibility index (Phi) is 5.70. The number of carbonyl (C=O) groups is 3. The first-order chi connectivity index (χ1) is 16.3. The van der Waals surface area contributed by atoms with Crippen molar-refractivity contribution >= 4 is 17.5 Å². The molecular weight excluding hydrogens is 472 g/mol. The third kappa shape index (κ3) is 3.25. The molecule has 13 heteroatoms. The predicted octanol–water partition coefficient (Wildman–Crippen LogP) is -1.19. The smallest absolute Gasteiger partial charge is 0.339 e. The molecule has 0 amide bonds. The van der Waals surface area contributed by atoms with Crippen molar-refractivity contribution in [1.82, 2.24) is 0 Å². The monoisotopic (exact) mass is 492 g/mol. The summed E-state index contributed by atoms with van der Waals surface area (Å²) in [5.74, 6) is -8.16. The van der Waals surface area contributed by atoms with Crippen LogP contribution in [0.3, 0.4) is 0 Å². The number of carboxylic acids is 1. The minimum absolute atomic E-state index is 0.302. The Hall–Kier alpha value is -3.75. The number of aromatic carboxylic acids is 1. The molecule has 2 aliphatic rings. The molecule has 0 aromatic heterocycles. The molecule has 0 radical (unpaired) electrons. The van der Waals surface area contributed by atoms with E-state index in [1.165, 1.54) is 0 Å². The minimum atomic E-state index is -1.92. The number of phenolic OH excluding ortho intramolecular Hbond substituents is 3. The van der Waals surface area contributed by atoms with Crippen LogP contribution in [0.25, 0.3) is 0 Å². The van der Waals surface area contributed by atoms with E-state index in [4.69, 9.17) is 9.84 Å². The molecule has 0 saturated carbocycles. The number of benzene rings is 2. The number of ether oxygens (including phenoxy) is 1. The van der Waals surface area contributed by atoms with Gasteiger partial charge < -0.3 is 50.7 Å². The van der Waals surface area contributed by atoms with Gasteiger partial charge in [-0.3, -0.25) is 9.59 Å². The van der Waals surface area contributed by atoms with E-state index in [0.717, 1.165) is 13.0 Å². The van der Waals surface area contributed by atoms with Crippen LogP contribution in [0, 0.1) is 6.92 Å². The number of hydrogen-bond donors (Lipinski definition) is 9. The second-order valence-corrected chi connectivity index (χ2v) is 8.24. The molecule has 2 aromatic rings. The van der Waals surface area contributed by atoms with Gasteiger partial charge in [-0.15, -0.1) is 0 Å². The molecular formula is C22H20O13. The van der Waals surface area contributed by atoms with Crippen LogP contribution in [0.4, 0.5) is 0 Å². The van der Waals surface area contributed by atoms with Gasteiger partial charge in [0.1, 0.15) is 47.6 Å². The zero-order chi connectivity index (χ0) is 26.1. The largest absolute Gasteiger partial charge is 0.507 e. The molecule has 1 saturated heterocycles. The van der Waals surface area contributed by atoms with Gasteiger partial charge in [-0.25, -0.2) is 4.79 Å². The fourth-order valence-electron chi connectivity index (χ4n) is 4.61. The first-order valence-corrected chi connectivity index (χ1v) is 10.2. The van der Waals surface area contributed by atoms with Gasteiger partial charge in [-0.05, 0) is 18.6 Å². The molecule has 2 aromatic carbocycles. The zero-order valence-electron chi connectivity index (χ0n) is 17.8. The van der Waals surface area contributed by atoms with Crippen LogP contribution in [0.15, 0.2) is 6.07 Å². The number of ketones is 2. The molecule has 0 spiro atoms. The number of fused-ring (bicyclic) bond motifs is 2. The molecule has 1 heterocycles. The normalized spacial score (nSPS) is 24.3. The maximum atomic E-state index is 13.4. The van der Waals surface area contributed by atoms with E-state index in [2.05, 4.69) is 0 Å². The van der Waals surface area contributed by atoms with E-state index in [-0.39, 0.29) is 5.56 Å². The highest BCUT2D eigenvalue weighted by molar-refractivity contribution is 6.31. The fraction of sp³-hybridized carbons (Fsp3) is 0.318. The summed E-state index contributed by atoms with van der Waals surface area (Å²) in [6.45, 7) is 0.272. The molecule has 4 rings (SSSR count). The van der Waals surface area contributed by atoms with E-state index in [1.54, 1.807) is 0 Å². The van der Waals surface area contributed by atoms with Crippen LogP contribution >= 0.6 is 0 Å². The van der Waals surface area contributed by atoms with Crippen molar-refractivity contribution in [3.8, 4) is 23.0 Å². The lowest BCUT2D eigenvalue weighted by molar-refractivity contribution is -0.0826. The summed E-state index contributed by atoms with van der Waals surface area (Å²) in [5.41, 5.74) is -4.41. The Labute approximate surface area is 195 Å². The Morgan fingerprint density at radius 1 is 0.971 bits per heavy atom. The van der Waals surface area contributed by atoms with Gasteiger partial charge >= 0.3 is 5.97 Å². The van der Waals surface area contributed by atoms with Crippen molar-refractivity contribution < 1.29 is 65.1 Å². The van der Waals surface area contributed by atoms with Gasteiger partial charge in [-0.1, -0.05) is 0 Å². The highest BCUT2D eigenvalue weighted by Gasteiger charge is 2.50. The van der Waals surface area contributed by atoms with E-state index in [9.17, 15) is 55.2 Å². The number of aliphatic hydroxyl groups excluding tert-OH is 4. The third-order valence-electron chi connectivity index (χ3n) is 6.31. The van der Waals surface area contributed by atoms with Gasteiger partial charge in [-0.2, -0.15) is 0 Å². The molecule has 9 N–H and O–H groups in total. The lowest BCUT2D eigenvalue weighted by Crippen LogP contribution is -2.40. The second-order valence-electron chi connectivity index (χ2n) is 8.24. The van der Waals surface area contributed by atoms with Gasteiger partial charge in [0, 0.05) is 11.1 Å². The lowest BCUT2D eigenvalue weighted by Gasteiger charge is -2.26. The van der Waals surface area contributed by atoms with E-state index >= 15 is 0 Å². The van der Waals surface area contributed by atoms with Crippen molar-refractivity contribution in [1.29, 1.82) is 0 Å². The summed E-state index contributed by atoms with van der Waals surface area (Å²) in [6, 6.07) is 0.720.